The molecule has 0 aromatic heterocycles. The number of carbonyl (C=O) groups is 2. The number of nitrogens with zero attached hydrogens (tertiary/aromatic N) is 1. The maximum absolute atomic E-state index is 11.9. The van der Waals surface area contributed by atoms with Crippen LogP contribution in [0.4, 0.5) is 4.79 Å². The van der Waals surface area contributed by atoms with Crippen molar-refractivity contribution in [2.24, 2.45) is 11.8 Å². The van der Waals surface area contributed by atoms with Crippen LogP contribution >= 0.6 is 0 Å². The van der Waals surface area contributed by atoms with Crippen molar-refractivity contribution < 1.29 is 19.4 Å². The van der Waals surface area contributed by atoms with Crippen molar-refractivity contribution in [2.45, 2.75) is 26.3 Å². The van der Waals surface area contributed by atoms with Crippen LogP contribution in [-0.2, 0) is 9.53 Å². The van der Waals surface area contributed by atoms with E-state index in [0.717, 1.165) is 0 Å². The first kappa shape index (κ1) is 14.8. The predicted octanol–water partition coefficient (Wildman–Crippen LogP) is 0.773. The molecule has 6 heteroatoms. The van der Waals surface area contributed by atoms with Gasteiger partial charge in [-0.15, -0.1) is 0 Å². The third-order valence-corrected chi connectivity index (χ3v) is 3.30. The Morgan fingerprint density at radius 2 is 2.22 bits per heavy atom. The number of methoxy groups -OCH3 is 1. The van der Waals surface area contributed by atoms with Crippen molar-refractivity contribution >= 4 is 12.0 Å². The standard InChI is InChI=1S/C12H22N2O4/c1-8-6-14(5-4-10(8)11(15)16)12(17)13-9(2)7-18-3/h8-10H,4-7H2,1-3H3,(H,13,17)(H,15,16). The topological polar surface area (TPSA) is 78.9 Å². The summed E-state index contributed by atoms with van der Waals surface area (Å²) in [7, 11) is 1.59. The number of hydrogen-bond acceptors (Lipinski definition) is 3. The Morgan fingerprint density at radius 1 is 1.56 bits per heavy atom. The SMILES string of the molecule is COCC(C)NC(=O)N1CCC(C(=O)O)C(C)C1. The summed E-state index contributed by atoms with van der Waals surface area (Å²) in [6.07, 6.45) is 0.516. The molecule has 0 radical (unpaired) electrons. The molecule has 0 aliphatic carbocycles. The van der Waals surface area contributed by atoms with Gasteiger partial charge in [0.25, 0.3) is 0 Å². The Balaban J connectivity index is 2.45. The number of hydrogen-bond donors (Lipinski definition) is 2. The minimum absolute atomic E-state index is 0.0141. The fraction of sp³-hybridized carbons (Fsp3) is 0.833. The summed E-state index contributed by atoms with van der Waals surface area (Å²) in [5.74, 6) is -1.12. The Kier molecular flexibility index (Phi) is 5.40. The minimum Gasteiger partial charge on any atom is -0.481 e. The van der Waals surface area contributed by atoms with Crippen LogP contribution in [0.25, 0.3) is 0 Å². The van der Waals surface area contributed by atoms with Crippen LogP contribution in [0, 0.1) is 11.8 Å². The van der Waals surface area contributed by atoms with Crippen LogP contribution in [0.1, 0.15) is 20.3 Å². The molecule has 2 N–H and O–H groups in total. The molecule has 1 fully saturated rings. The van der Waals surface area contributed by atoms with Crippen molar-refractivity contribution in [3.8, 4) is 0 Å². The first-order chi connectivity index (χ1) is 8.45. The Hall–Kier alpha value is -1.30. The van der Waals surface area contributed by atoms with Crippen molar-refractivity contribution in [3.05, 3.63) is 0 Å². The number of ether oxygens (including phenoxy) is 1. The van der Waals surface area contributed by atoms with Gasteiger partial charge in [0, 0.05) is 20.2 Å². The van der Waals surface area contributed by atoms with Crippen LogP contribution in [0.2, 0.25) is 0 Å². The molecular weight excluding hydrogens is 236 g/mol. The summed E-state index contributed by atoms with van der Waals surface area (Å²) >= 11 is 0. The van der Waals surface area contributed by atoms with E-state index in [9.17, 15) is 9.59 Å². The van der Waals surface area contributed by atoms with Gasteiger partial charge in [0.15, 0.2) is 0 Å². The molecular formula is C12H22N2O4. The summed E-state index contributed by atoms with van der Waals surface area (Å²) < 4.78 is 4.95. The zero-order valence-electron chi connectivity index (χ0n) is 11.2. The van der Waals surface area contributed by atoms with Gasteiger partial charge in [0.2, 0.25) is 0 Å². The second-order valence-corrected chi connectivity index (χ2v) is 4.96. The lowest BCUT2D eigenvalue weighted by molar-refractivity contribution is -0.145. The number of nitrogens with one attached hydrogen (secondary N) is 1. The monoisotopic (exact) mass is 258 g/mol. The second kappa shape index (κ2) is 6.58. The largest absolute Gasteiger partial charge is 0.481 e. The van der Waals surface area contributed by atoms with Crippen molar-refractivity contribution in [1.29, 1.82) is 0 Å². The molecule has 1 aliphatic heterocycles. The normalized spacial score (nSPS) is 25.6. The number of rotatable bonds is 4. The Bertz CT molecular complexity index is 308. The third kappa shape index (κ3) is 3.87. The van der Waals surface area contributed by atoms with Crippen molar-refractivity contribution in [3.63, 3.8) is 0 Å². The molecule has 3 unspecified atom stereocenters. The van der Waals surface area contributed by atoms with E-state index in [1.165, 1.54) is 0 Å². The van der Waals surface area contributed by atoms with Crippen LogP contribution in [0.5, 0.6) is 0 Å². The lowest BCUT2D eigenvalue weighted by atomic mass is 9.87. The van der Waals surface area contributed by atoms with Crippen LogP contribution in [-0.4, -0.2) is 54.9 Å². The minimum atomic E-state index is -0.768. The van der Waals surface area contributed by atoms with Crippen LogP contribution in [0.3, 0.4) is 0 Å². The smallest absolute Gasteiger partial charge is 0.317 e. The van der Waals surface area contributed by atoms with Crippen molar-refractivity contribution in [2.75, 3.05) is 26.8 Å². The molecule has 0 saturated carbocycles. The zero-order chi connectivity index (χ0) is 13.7. The molecule has 2 amide bonds. The summed E-state index contributed by atoms with van der Waals surface area (Å²) in [4.78, 5) is 24.6. The Morgan fingerprint density at radius 3 is 2.72 bits per heavy atom. The molecule has 0 aromatic rings. The van der Waals surface area contributed by atoms with Crippen molar-refractivity contribution in [1.82, 2.24) is 10.2 Å². The highest BCUT2D eigenvalue weighted by Gasteiger charge is 2.33. The quantitative estimate of drug-likeness (QED) is 0.780. The first-order valence-corrected chi connectivity index (χ1v) is 6.22. The van der Waals surface area contributed by atoms with E-state index in [2.05, 4.69) is 5.32 Å². The molecule has 104 valence electrons. The molecule has 1 aliphatic rings. The lowest BCUT2D eigenvalue weighted by Gasteiger charge is -2.35. The van der Waals surface area contributed by atoms with Gasteiger partial charge in [-0.1, -0.05) is 6.92 Å². The summed E-state index contributed by atoms with van der Waals surface area (Å²) in [6.45, 7) is 5.19. The number of aliphatic carboxylic acids is 1. The zero-order valence-corrected chi connectivity index (χ0v) is 11.2. The molecule has 18 heavy (non-hydrogen) atoms. The highest BCUT2D eigenvalue weighted by Crippen LogP contribution is 2.23. The number of carboxylic acid groups (broad SMARTS) is 1. The average Bonchev–Trinajstić information content (AvgIpc) is 2.28. The van der Waals surface area contributed by atoms with E-state index < -0.39 is 5.97 Å². The van der Waals surface area contributed by atoms with E-state index >= 15 is 0 Å². The van der Waals surface area contributed by atoms with E-state index in [-0.39, 0.29) is 23.9 Å². The van der Waals surface area contributed by atoms with E-state index in [0.29, 0.717) is 26.1 Å². The molecule has 0 aromatic carbocycles. The van der Waals surface area contributed by atoms with E-state index in [1.807, 2.05) is 13.8 Å². The van der Waals surface area contributed by atoms with Gasteiger partial charge in [0.1, 0.15) is 0 Å². The number of carbonyl (C=O) groups excluding carboxylic acids is 1. The highest BCUT2D eigenvalue weighted by atomic mass is 16.5. The van der Waals surface area contributed by atoms with Gasteiger partial charge in [0.05, 0.1) is 18.6 Å². The number of likely N-dealkylation sites (tertiary alicyclic amines) is 1. The van der Waals surface area contributed by atoms with E-state index in [1.54, 1.807) is 12.0 Å². The molecule has 6 nitrogen and oxygen atoms in total. The average molecular weight is 258 g/mol. The lowest BCUT2D eigenvalue weighted by Crippen LogP contribution is -2.51. The third-order valence-electron chi connectivity index (χ3n) is 3.30. The number of amides is 2. The molecule has 0 spiro atoms. The molecule has 3 atom stereocenters. The summed E-state index contributed by atoms with van der Waals surface area (Å²) in [6, 6.07) is -0.190. The number of piperidine rings is 1. The Labute approximate surface area is 107 Å². The van der Waals surface area contributed by atoms with Gasteiger partial charge in [-0.25, -0.2) is 4.79 Å². The maximum atomic E-state index is 11.9. The van der Waals surface area contributed by atoms with E-state index in [4.69, 9.17) is 9.84 Å². The van der Waals surface area contributed by atoms with Crippen LogP contribution in [0.15, 0.2) is 0 Å². The van der Waals surface area contributed by atoms with Gasteiger partial charge in [-0.05, 0) is 19.3 Å². The molecule has 0 bridgehead atoms. The first-order valence-electron chi connectivity index (χ1n) is 6.22. The summed E-state index contributed by atoms with van der Waals surface area (Å²) in [5, 5.41) is 11.8. The fourth-order valence-corrected chi connectivity index (χ4v) is 2.29. The predicted molar refractivity (Wildman–Crippen MR) is 66.3 cm³/mol. The summed E-state index contributed by atoms with van der Waals surface area (Å²) in [5.41, 5.74) is 0. The molecule has 1 rings (SSSR count). The fourth-order valence-electron chi connectivity index (χ4n) is 2.29. The number of carboxylic acids is 1. The molecule has 1 heterocycles. The number of urea groups is 1. The maximum Gasteiger partial charge on any atom is 0.317 e. The van der Waals surface area contributed by atoms with Gasteiger partial charge in [-0.3, -0.25) is 4.79 Å². The van der Waals surface area contributed by atoms with Gasteiger partial charge in [-0.2, -0.15) is 0 Å². The molecule has 1 saturated heterocycles. The van der Waals surface area contributed by atoms with Gasteiger partial charge >= 0.3 is 12.0 Å². The van der Waals surface area contributed by atoms with Gasteiger partial charge < -0.3 is 20.1 Å². The van der Waals surface area contributed by atoms with Crippen LogP contribution < -0.4 is 5.32 Å². The second-order valence-electron chi connectivity index (χ2n) is 4.96. The highest BCUT2D eigenvalue weighted by molar-refractivity contribution is 5.75.